The van der Waals surface area contributed by atoms with Crippen molar-refractivity contribution in [1.29, 1.82) is 0 Å². The van der Waals surface area contributed by atoms with Crippen molar-refractivity contribution in [1.82, 2.24) is 5.32 Å². The lowest BCUT2D eigenvalue weighted by Crippen LogP contribution is -2.45. The van der Waals surface area contributed by atoms with Gasteiger partial charge >= 0.3 is 0 Å². The van der Waals surface area contributed by atoms with Crippen LogP contribution < -0.4 is 11.1 Å². The van der Waals surface area contributed by atoms with Crippen LogP contribution in [0.25, 0.3) is 0 Å². The number of nitrogens with two attached hydrogens (primary N) is 1. The fraction of sp³-hybridized carbons (Fsp3) is 0.917. The van der Waals surface area contributed by atoms with Crippen LogP contribution in [-0.4, -0.2) is 29.8 Å². The molecule has 0 aliphatic heterocycles. The lowest BCUT2D eigenvalue weighted by molar-refractivity contribution is 0.123. The average molecular weight is 357 g/mol. The first kappa shape index (κ1) is 19.3. The van der Waals surface area contributed by atoms with Gasteiger partial charge in [0.25, 0.3) is 0 Å². The van der Waals surface area contributed by atoms with Crippen molar-refractivity contribution in [3.63, 3.8) is 0 Å². The number of guanidine groups is 1. The number of nitrogens with one attached hydrogen (secondary N) is 1. The Balaban J connectivity index is 0. The van der Waals surface area contributed by atoms with Crippen molar-refractivity contribution < 1.29 is 5.11 Å². The molecule has 0 bridgehead atoms. The van der Waals surface area contributed by atoms with Gasteiger partial charge in [-0.2, -0.15) is 0 Å². The van der Waals surface area contributed by atoms with Crippen molar-refractivity contribution in [3.8, 4) is 0 Å². The normalized spacial score (nSPS) is 13.2. The van der Waals surface area contributed by atoms with Gasteiger partial charge in [0.05, 0.1) is 13.2 Å². The van der Waals surface area contributed by atoms with Crippen molar-refractivity contribution in [3.05, 3.63) is 0 Å². The number of aliphatic hydroxyl groups excluding tert-OH is 1. The smallest absolute Gasteiger partial charge is 0.189 e. The lowest BCUT2D eigenvalue weighted by Gasteiger charge is -2.28. The van der Waals surface area contributed by atoms with Gasteiger partial charge in [-0.05, 0) is 33.6 Å². The maximum Gasteiger partial charge on any atom is 0.189 e. The summed E-state index contributed by atoms with van der Waals surface area (Å²) in [4.78, 5) is 4.32. The summed E-state index contributed by atoms with van der Waals surface area (Å²) in [6.45, 7) is 11.0. The van der Waals surface area contributed by atoms with Gasteiger partial charge in [-0.1, -0.05) is 13.8 Å². The van der Waals surface area contributed by atoms with Crippen LogP contribution >= 0.6 is 24.0 Å². The van der Waals surface area contributed by atoms with E-state index in [4.69, 9.17) is 5.73 Å². The molecular formula is C12H28IN3O. The Labute approximate surface area is 122 Å². The maximum absolute atomic E-state index is 9.39. The Morgan fingerprint density at radius 2 is 1.71 bits per heavy atom. The highest BCUT2D eigenvalue weighted by Gasteiger charge is 2.25. The average Bonchev–Trinajstić information content (AvgIpc) is 2.18. The summed E-state index contributed by atoms with van der Waals surface area (Å²) in [5.41, 5.74) is 5.59. The van der Waals surface area contributed by atoms with E-state index in [1.165, 1.54) is 0 Å². The molecule has 0 heterocycles. The predicted octanol–water partition coefficient (Wildman–Crippen LogP) is 2.11. The largest absolute Gasteiger partial charge is 0.396 e. The van der Waals surface area contributed by atoms with Gasteiger partial charge in [0, 0.05) is 11.0 Å². The van der Waals surface area contributed by atoms with Crippen LogP contribution in [0.15, 0.2) is 4.99 Å². The molecule has 4 nitrogen and oxygen atoms in total. The number of aliphatic imine (C=N–C) groups is 1. The zero-order valence-electron chi connectivity index (χ0n) is 11.7. The molecule has 0 aromatic carbocycles. The molecule has 0 aromatic rings. The molecular weight excluding hydrogens is 329 g/mol. The monoisotopic (exact) mass is 357 g/mol. The van der Waals surface area contributed by atoms with E-state index in [-0.39, 0.29) is 41.5 Å². The lowest BCUT2D eigenvalue weighted by atomic mass is 9.83. The molecule has 0 spiro atoms. The van der Waals surface area contributed by atoms with Gasteiger partial charge in [-0.25, -0.2) is 0 Å². The van der Waals surface area contributed by atoms with Crippen LogP contribution in [0.1, 0.15) is 47.5 Å². The first-order valence-electron chi connectivity index (χ1n) is 5.97. The van der Waals surface area contributed by atoms with Crippen LogP contribution in [0.4, 0.5) is 0 Å². The molecule has 104 valence electrons. The molecule has 17 heavy (non-hydrogen) atoms. The molecule has 0 amide bonds. The zero-order chi connectivity index (χ0) is 12.8. The summed E-state index contributed by atoms with van der Waals surface area (Å²) < 4.78 is 0. The van der Waals surface area contributed by atoms with E-state index in [0.29, 0.717) is 12.5 Å². The summed E-state index contributed by atoms with van der Waals surface area (Å²) in [5, 5.41) is 12.5. The van der Waals surface area contributed by atoms with E-state index in [9.17, 15) is 5.11 Å². The molecule has 0 radical (unpaired) electrons. The Bertz CT molecular complexity index is 224. The summed E-state index contributed by atoms with van der Waals surface area (Å²) in [6, 6.07) is 0. The Morgan fingerprint density at radius 1 is 1.24 bits per heavy atom. The van der Waals surface area contributed by atoms with E-state index >= 15 is 0 Å². The third-order valence-electron chi connectivity index (χ3n) is 2.92. The van der Waals surface area contributed by atoms with E-state index in [2.05, 4.69) is 24.2 Å². The molecule has 0 aromatic heterocycles. The molecule has 0 aliphatic rings. The predicted molar refractivity (Wildman–Crippen MR) is 84.9 cm³/mol. The molecule has 0 saturated carbocycles. The van der Waals surface area contributed by atoms with Crippen molar-refractivity contribution in [2.24, 2.45) is 16.1 Å². The van der Waals surface area contributed by atoms with Gasteiger partial charge in [-0.15, -0.1) is 24.0 Å². The fourth-order valence-electron chi connectivity index (χ4n) is 1.42. The third kappa shape index (κ3) is 7.81. The number of hydrogen-bond donors (Lipinski definition) is 3. The highest BCUT2D eigenvalue weighted by Crippen LogP contribution is 2.25. The van der Waals surface area contributed by atoms with Gasteiger partial charge < -0.3 is 16.2 Å². The van der Waals surface area contributed by atoms with E-state index in [1.807, 2.05) is 20.8 Å². The summed E-state index contributed by atoms with van der Waals surface area (Å²) in [6.07, 6.45) is 1.82. The quantitative estimate of drug-likeness (QED) is 0.401. The van der Waals surface area contributed by atoms with Gasteiger partial charge in [0.2, 0.25) is 0 Å². The zero-order valence-corrected chi connectivity index (χ0v) is 14.0. The van der Waals surface area contributed by atoms with E-state index in [1.54, 1.807) is 0 Å². The summed E-state index contributed by atoms with van der Waals surface area (Å²) in [7, 11) is 0. The van der Waals surface area contributed by atoms with Crippen LogP contribution in [-0.2, 0) is 0 Å². The van der Waals surface area contributed by atoms with Crippen molar-refractivity contribution in [2.45, 2.75) is 53.0 Å². The SMILES string of the molecule is CCC(CC)(CO)CN=C(N)NC(C)(C)C.I. The van der Waals surface area contributed by atoms with Crippen LogP contribution in [0.3, 0.4) is 0 Å². The second-order valence-electron chi connectivity index (χ2n) is 5.44. The maximum atomic E-state index is 9.39. The number of rotatable bonds is 5. The van der Waals surface area contributed by atoms with E-state index in [0.717, 1.165) is 12.8 Å². The second-order valence-corrected chi connectivity index (χ2v) is 5.44. The fourth-order valence-corrected chi connectivity index (χ4v) is 1.42. The molecule has 0 fully saturated rings. The highest BCUT2D eigenvalue weighted by atomic mass is 127. The highest BCUT2D eigenvalue weighted by molar-refractivity contribution is 14.0. The molecule has 4 N–H and O–H groups in total. The Morgan fingerprint density at radius 3 is 2.00 bits per heavy atom. The number of hydrogen-bond acceptors (Lipinski definition) is 2. The molecule has 0 atom stereocenters. The molecule has 0 aliphatic carbocycles. The minimum atomic E-state index is -0.121. The first-order chi connectivity index (χ1) is 7.28. The van der Waals surface area contributed by atoms with Gasteiger partial charge in [-0.3, -0.25) is 4.99 Å². The molecule has 5 heteroatoms. The summed E-state index contributed by atoms with van der Waals surface area (Å²) in [5.74, 6) is 0.451. The van der Waals surface area contributed by atoms with Crippen LogP contribution in [0, 0.1) is 5.41 Å². The van der Waals surface area contributed by atoms with Crippen molar-refractivity contribution >= 4 is 29.9 Å². The van der Waals surface area contributed by atoms with Crippen LogP contribution in [0.2, 0.25) is 0 Å². The standard InChI is InChI=1S/C12H27N3O.HI/c1-6-12(7-2,9-16)8-14-10(13)15-11(3,4)5;/h16H,6-9H2,1-5H3,(H3,13,14,15);1H. The number of nitrogens with zero attached hydrogens (tertiary/aromatic N) is 1. The number of halogens is 1. The third-order valence-corrected chi connectivity index (χ3v) is 2.92. The topological polar surface area (TPSA) is 70.6 Å². The Hall–Kier alpha value is -0.0400. The molecule has 0 saturated heterocycles. The minimum absolute atomic E-state index is 0. The second kappa shape index (κ2) is 8.13. The van der Waals surface area contributed by atoms with E-state index < -0.39 is 0 Å². The number of aliphatic hydroxyl groups is 1. The van der Waals surface area contributed by atoms with Gasteiger partial charge in [0.1, 0.15) is 0 Å². The first-order valence-corrected chi connectivity index (χ1v) is 5.97. The minimum Gasteiger partial charge on any atom is -0.396 e. The molecule has 0 unspecified atom stereocenters. The van der Waals surface area contributed by atoms with Crippen molar-refractivity contribution in [2.75, 3.05) is 13.2 Å². The van der Waals surface area contributed by atoms with Crippen LogP contribution in [0.5, 0.6) is 0 Å². The van der Waals surface area contributed by atoms with Gasteiger partial charge in [0.15, 0.2) is 5.96 Å². The molecule has 0 rings (SSSR count). The Kier molecular flexibility index (Phi) is 9.23. The summed E-state index contributed by atoms with van der Waals surface area (Å²) >= 11 is 0.